The van der Waals surface area contributed by atoms with Crippen LogP contribution in [0.3, 0.4) is 0 Å². The van der Waals surface area contributed by atoms with Gasteiger partial charge in [0.25, 0.3) is 5.91 Å². The minimum atomic E-state index is -0.537. The number of nitrogens with zero attached hydrogens (tertiary/aromatic N) is 1. The van der Waals surface area contributed by atoms with Gasteiger partial charge in [-0.05, 0) is 51.2 Å². The van der Waals surface area contributed by atoms with E-state index in [2.05, 4.69) is 22.3 Å². The third kappa shape index (κ3) is 5.10. The van der Waals surface area contributed by atoms with Gasteiger partial charge in [0, 0.05) is 6.54 Å². The maximum Gasteiger partial charge on any atom is 0.260 e. The Morgan fingerprint density at radius 1 is 1.12 bits per heavy atom. The van der Waals surface area contributed by atoms with Gasteiger partial charge >= 0.3 is 0 Å². The van der Waals surface area contributed by atoms with Gasteiger partial charge in [-0.2, -0.15) is 0 Å². The monoisotopic (exact) mass is 326 g/mol. The Morgan fingerprint density at radius 3 is 2.46 bits per heavy atom. The summed E-state index contributed by atoms with van der Waals surface area (Å²) in [5.74, 6) is 0.601. The van der Waals surface area contributed by atoms with Gasteiger partial charge in [-0.25, -0.2) is 0 Å². The summed E-state index contributed by atoms with van der Waals surface area (Å²) in [7, 11) is 4.02. The number of carbonyl (C=O) groups is 1. The van der Waals surface area contributed by atoms with Crippen molar-refractivity contribution in [2.24, 2.45) is 0 Å². The highest BCUT2D eigenvalue weighted by molar-refractivity contribution is 5.80. The van der Waals surface area contributed by atoms with Crippen molar-refractivity contribution in [3.8, 4) is 5.75 Å². The Balaban J connectivity index is 1.93. The average Bonchev–Trinajstić information content (AvgIpc) is 2.55. The number of rotatable bonds is 7. The van der Waals surface area contributed by atoms with Gasteiger partial charge in [0.1, 0.15) is 5.75 Å². The van der Waals surface area contributed by atoms with Crippen LogP contribution in [-0.2, 0) is 4.79 Å². The molecule has 0 saturated heterocycles. The van der Waals surface area contributed by atoms with Gasteiger partial charge in [0.15, 0.2) is 6.10 Å². The summed E-state index contributed by atoms with van der Waals surface area (Å²) in [6.45, 7) is 4.31. The maximum atomic E-state index is 12.3. The van der Waals surface area contributed by atoms with E-state index in [-0.39, 0.29) is 11.9 Å². The van der Waals surface area contributed by atoms with Gasteiger partial charge in [0.05, 0.1) is 6.04 Å². The molecule has 2 aromatic carbocycles. The standard InChI is InChI=1S/C20H26N2O2/c1-15-9-8-12-18(13-15)24-16(2)20(23)21-14-19(22(3)4)17-10-6-5-7-11-17/h5-13,16,19H,14H2,1-4H3,(H,21,23). The van der Waals surface area contributed by atoms with E-state index in [0.29, 0.717) is 12.3 Å². The molecule has 0 radical (unpaired) electrons. The van der Waals surface area contributed by atoms with Crippen LogP contribution in [0.25, 0.3) is 0 Å². The Morgan fingerprint density at radius 2 is 1.83 bits per heavy atom. The molecule has 0 spiro atoms. The second-order valence-corrected chi connectivity index (χ2v) is 6.21. The van der Waals surface area contributed by atoms with E-state index in [9.17, 15) is 4.79 Å². The molecular weight excluding hydrogens is 300 g/mol. The molecule has 4 heteroatoms. The molecule has 2 aromatic rings. The Bertz CT molecular complexity index is 656. The van der Waals surface area contributed by atoms with Crippen LogP contribution in [0.15, 0.2) is 54.6 Å². The van der Waals surface area contributed by atoms with Crippen molar-refractivity contribution < 1.29 is 9.53 Å². The highest BCUT2D eigenvalue weighted by Crippen LogP contribution is 2.17. The van der Waals surface area contributed by atoms with Crippen molar-refractivity contribution in [2.75, 3.05) is 20.6 Å². The van der Waals surface area contributed by atoms with E-state index >= 15 is 0 Å². The fourth-order valence-corrected chi connectivity index (χ4v) is 2.56. The lowest BCUT2D eigenvalue weighted by atomic mass is 10.1. The quantitative estimate of drug-likeness (QED) is 0.850. The molecule has 4 nitrogen and oxygen atoms in total. The van der Waals surface area contributed by atoms with E-state index in [1.54, 1.807) is 6.92 Å². The molecule has 0 aromatic heterocycles. The van der Waals surface area contributed by atoms with Crippen LogP contribution in [0.1, 0.15) is 24.1 Å². The topological polar surface area (TPSA) is 41.6 Å². The first kappa shape index (κ1) is 18.0. The zero-order chi connectivity index (χ0) is 17.5. The number of likely N-dealkylation sites (N-methyl/N-ethyl adjacent to an activating group) is 1. The molecule has 0 bridgehead atoms. The van der Waals surface area contributed by atoms with Crippen molar-refractivity contribution in [1.29, 1.82) is 0 Å². The zero-order valence-corrected chi connectivity index (χ0v) is 14.8. The number of benzene rings is 2. The molecule has 0 fully saturated rings. The molecule has 24 heavy (non-hydrogen) atoms. The summed E-state index contributed by atoms with van der Waals surface area (Å²) in [6.07, 6.45) is -0.537. The van der Waals surface area contributed by atoms with E-state index in [0.717, 1.165) is 5.56 Å². The number of aryl methyl sites for hydroxylation is 1. The van der Waals surface area contributed by atoms with Crippen LogP contribution in [-0.4, -0.2) is 37.6 Å². The minimum absolute atomic E-state index is 0.112. The molecule has 2 unspecified atom stereocenters. The normalized spacial score (nSPS) is 13.4. The fraction of sp³-hybridized carbons (Fsp3) is 0.350. The number of nitrogens with one attached hydrogen (secondary N) is 1. The summed E-state index contributed by atoms with van der Waals surface area (Å²) >= 11 is 0. The Hall–Kier alpha value is -2.33. The molecule has 2 rings (SSSR count). The van der Waals surface area contributed by atoms with Crippen LogP contribution < -0.4 is 10.1 Å². The third-order valence-corrected chi connectivity index (χ3v) is 3.95. The van der Waals surface area contributed by atoms with Crippen LogP contribution in [0, 0.1) is 6.92 Å². The van der Waals surface area contributed by atoms with Gasteiger partial charge in [-0.15, -0.1) is 0 Å². The number of hydrogen-bond donors (Lipinski definition) is 1. The molecule has 0 heterocycles. The minimum Gasteiger partial charge on any atom is -0.481 e. The van der Waals surface area contributed by atoms with Crippen molar-refractivity contribution in [1.82, 2.24) is 10.2 Å². The molecule has 1 N–H and O–H groups in total. The molecular formula is C20H26N2O2. The predicted molar refractivity (Wildman–Crippen MR) is 97.1 cm³/mol. The van der Waals surface area contributed by atoms with Crippen LogP contribution in [0.5, 0.6) is 5.75 Å². The summed E-state index contributed by atoms with van der Waals surface area (Å²) in [5, 5.41) is 2.99. The summed E-state index contributed by atoms with van der Waals surface area (Å²) in [4.78, 5) is 14.4. The molecule has 0 aliphatic heterocycles. The zero-order valence-electron chi connectivity index (χ0n) is 14.8. The SMILES string of the molecule is Cc1cccc(OC(C)C(=O)NCC(c2ccccc2)N(C)C)c1. The van der Waals surface area contributed by atoms with Crippen molar-refractivity contribution in [2.45, 2.75) is 26.0 Å². The van der Waals surface area contributed by atoms with Gasteiger partial charge in [-0.1, -0.05) is 42.5 Å². The van der Waals surface area contributed by atoms with E-state index in [4.69, 9.17) is 4.74 Å². The molecule has 2 atom stereocenters. The summed E-state index contributed by atoms with van der Waals surface area (Å²) < 4.78 is 5.73. The third-order valence-electron chi connectivity index (χ3n) is 3.95. The first-order valence-corrected chi connectivity index (χ1v) is 8.20. The fourth-order valence-electron chi connectivity index (χ4n) is 2.56. The number of hydrogen-bond acceptors (Lipinski definition) is 3. The first-order valence-electron chi connectivity index (χ1n) is 8.20. The summed E-state index contributed by atoms with van der Waals surface area (Å²) in [6, 6.07) is 18.0. The largest absolute Gasteiger partial charge is 0.481 e. The highest BCUT2D eigenvalue weighted by atomic mass is 16.5. The van der Waals surface area contributed by atoms with Crippen LogP contribution in [0.2, 0.25) is 0 Å². The van der Waals surface area contributed by atoms with Crippen LogP contribution >= 0.6 is 0 Å². The summed E-state index contributed by atoms with van der Waals surface area (Å²) in [5.41, 5.74) is 2.28. The van der Waals surface area contributed by atoms with Crippen molar-refractivity contribution in [3.63, 3.8) is 0 Å². The lowest BCUT2D eigenvalue weighted by Gasteiger charge is -2.26. The maximum absolute atomic E-state index is 12.3. The van der Waals surface area contributed by atoms with Gasteiger partial charge in [0.2, 0.25) is 0 Å². The van der Waals surface area contributed by atoms with Crippen molar-refractivity contribution >= 4 is 5.91 Å². The lowest BCUT2D eigenvalue weighted by molar-refractivity contribution is -0.127. The molecule has 0 aliphatic carbocycles. The molecule has 128 valence electrons. The molecule has 0 saturated carbocycles. The van der Waals surface area contributed by atoms with E-state index in [1.807, 2.05) is 63.5 Å². The molecule has 1 amide bonds. The smallest absolute Gasteiger partial charge is 0.260 e. The first-order chi connectivity index (χ1) is 11.5. The van der Waals surface area contributed by atoms with Crippen LogP contribution in [0.4, 0.5) is 0 Å². The number of amides is 1. The van der Waals surface area contributed by atoms with Gasteiger partial charge in [-0.3, -0.25) is 4.79 Å². The number of ether oxygens (including phenoxy) is 1. The highest BCUT2D eigenvalue weighted by Gasteiger charge is 2.19. The van der Waals surface area contributed by atoms with E-state index in [1.165, 1.54) is 5.56 Å². The number of carbonyl (C=O) groups excluding carboxylic acids is 1. The predicted octanol–water partition coefficient (Wildman–Crippen LogP) is 3.18. The molecule has 0 aliphatic rings. The Kier molecular flexibility index (Phi) is 6.38. The Labute approximate surface area is 144 Å². The lowest BCUT2D eigenvalue weighted by Crippen LogP contribution is -2.41. The average molecular weight is 326 g/mol. The second-order valence-electron chi connectivity index (χ2n) is 6.21. The van der Waals surface area contributed by atoms with Gasteiger partial charge < -0.3 is 15.0 Å². The van der Waals surface area contributed by atoms with Crippen molar-refractivity contribution in [3.05, 3.63) is 65.7 Å². The van der Waals surface area contributed by atoms with E-state index < -0.39 is 6.10 Å². The second kappa shape index (κ2) is 8.50.